The SMILES string of the molecule is c1ccc(-c2oc3c4cc(N(c5ccccc5)c5ccccc5)ccc4c4ccc(N(c5ccccc5)c5ccccc5)cc4c3c2-c2ccccc2)cc1. The highest BCUT2D eigenvalue weighted by Gasteiger charge is 2.25. The molecule has 0 unspecified atom stereocenters. The van der Waals surface area contributed by atoms with Crippen molar-refractivity contribution in [3.63, 3.8) is 0 Å². The Hall–Kier alpha value is -7.36. The minimum atomic E-state index is 0.859. The summed E-state index contributed by atoms with van der Waals surface area (Å²) >= 11 is 0. The predicted molar refractivity (Wildman–Crippen MR) is 231 cm³/mol. The lowest BCUT2D eigenvalue weighted by Gasteiger charge is -2.26. The molecule has 1 heterocycles. The molecule has 10 aromatic rings. The van der Waals surface area contributed by atoms with Crippen molar-refractivity contribution in [2.45, 2.75) is 0 Å². The fraction of sp³-hybridized carbons (Fsp3) is 0. The molecule has 0 aliphatic heterocycles. The second kappa shape index (κ2) is 13.9. The summed E-state index contributed by atoms with van der Waals surface area (Å²) in [7, 11) is 0. The van der Waals surface area contributed by atoms with Crippen molar-refractivity contribution >= 4 is 66.6 Å². The van der Waals surface area contributed by atoms with E-state index in [-0.39, 0.29) is 0 Å². The highest BCUT2D eigenvalue weighted by molar-refractivity contribution is 6.29. The molecule has 0 bridgehead atoms. The summed E-state index contributed by atoms with van der Waals surface area (Å²) < 4.78 is 7.24. The van der Waals surface area contributed by atoms with E-state index in [1.165, 1.54) is 5.39 Å². The maximum atomic E-state index is 7.24. The standard InChI is InChI=1S/C52H36N2O/c1-7-19-37(20-8-1)49-50-47-35-43(53(39-23-11-3-12-24-39)40-25-13-4-14-26-40)31-33-45(47)46-34-32-44(36-48(46)52(50)55-51(49)38-21-9-2-10-22-38)54(41-27-15-5-16-28-41)42-29-17-6-18-30-42/h1-36H. The topological polar surface area (TPSA) is 19.6 Å². The zero-order valence-corrected chi connectivity index (χ0v) is 30.1. The van der Waals surface area contributed by atoms with Crippen LogP contribution in [0.25, 0.3) is 55.0 Å². The van der Waals surface area contributed by atoms with Crippen LogP contribution in [0.1, 0.15) is 0 Å². The summed E-state index contributed by atoms with van der Waals surface area (Å²) in [5.74, 6) is 0.859. The molecule has 0 aliphatic carbocycles. The number of furan rings is 1. The molecule has 260 valence electrons. The van der Waals surface area contributed by atoms with Crippen LogP contribution < -0.4 is 9.80 Å². The van der Waals surface area contributed by atoms with Crippen LogP contribution in [0, 0.1) is 0 Å². The summed E-state index contributed by atoms with van der Waals surface area (Å²) in [6, 6.07) is 77.2. The van der Waals surface area contributed by atoms with Crippen molar-refractivity contribution in [2.24, 2.45) is 0 Å². The second-order valence-electron chi connectivity index (χ2n) is 13.7. The molecule has 0 spiro atoms. The molecule has 1 aromatic heterocycles. The van der Waals surface area contributed by atoms with E-state index >= 15 is 0 Å². The number of benzene rings is 9. The quantitative estimate of drug-likeness (QED) is 0.147. The lowest BCUT2D eigenvalue weighted by molar-refractivity contribution is 0.636. The third-order valence-corrected chi connectivity index (χ3v) is 10.4. The van der Waals surface area contributed by atoms with E-state index in [1.807, 2.05) is 0 Å². The van der Waals surface area contributed by atoms with Gasteiger partial charge in [-0.2, -0.15) is 0 Å². The van der Waals surface area contributed by atoms with E-state index in [1.54, 1.807) is 0 Å². The molecule has 3 nitrogen and oxygen atoms in total. The molecule has 0 amide bonds. The maximum Gasteiger partial charge on any atom is 0.144 e. The third-order valence-electron chi connectivity index (χ3n) is 10.4. The molecule has 0 N–H and O–H groups in total. The number of para-hydroxylation sites is 4. The summed E-state index contributed by atoms with van der Waals surface area (Å²) in [4.78, 5) is 4.64. The number of hydrogen-bond acceptors (Lipinski definition) is 3. The highest BCUT2D eigenvalue weighted by Crippen LogP contribution is 2.50. The maximum absolute atomic E-state index is 7.24. The van der Waals surface area contributed by atoms with E-state index < -0.39 is 0 Å². The molecule has 0 radical (unpaired) electrons. The van der Waals surface area contributed by atoms with Crippen LogP contribution in [-0.2, 0) is 0 Å². The van der Waals surface area contributed by atoms with Crippen molar-refractivity contribution in [2.75, 3.05) is 9.80 Å². The smallest absolute Gasteiger partial charge is 0.144 e. The number of fused-ring (bicyclic) bond motifs is 6. The lowest BCUT2D eigenvalue weighted by Crippen LogP contribution is -2.10. The normalized spacial score (nSPS) is 11.3. The molecule has 0 saturated heterocycles. The van der Waals surface area contributed by atoms with Gasteiger partial charge in [0.15, 0.2) is 0 Å². The van der Waals surface area contributed by atoms with Crippen LogP contribution in [0.4, 0.5) is 34.1 Å². The first kappa shape index (κ1) is 32.3. The van der Waals surface area contributed by atoms with Gasteiger partial charge < -0.3 is 14.2 Å². The number of anilines is 6. The van der Waals surface area contributed by atoms with E-state index in [4.69, 9.17) is 4.42 Å². The van der Waals surface area contributed by atoms with Gasteiger partial charge in [-0.3, -0.25) is 0 Å². The van der Waals surface area contributed by atoms with Gasteiger partial charge in [0.2, 0.25) is 0 Å². The average Bonchev–Trinajstić information content (AvgIpc) is 3.68. The predicted octanol–water partition coefficient (Wildman–Crippen LogP) is 15.0. The summed E-state index contributed by atoms with van der Waals surface area (Å²) in [6.45, 7) is 0. The second-order valence-corrected chi connectivity index (χ2v) is 13.7. The molecule has 3 heteroatoms. The summed E-state index contributed by atoms with van der Waals surface area (Å²) in [5.41, 5.74) is 10.6. The van der Waals surface area contributed by atoms with Gasteiger partial charge in [-0.25, -0.2) is 0 Å². The third kappa shape index (κ3) is 5.80. The van der Waals surface area contributed by atoms with Gasteiger partial charge >= 0.3 is 0 Å². The van der Waals surface area contributed by atoms with E-state index in [2.05, 4.69) is 228 Å². The number of rotatable bonds is 8. The van der Waals surface area contributed by atoms with Gasteiger partial charge in [0.1, 0.15) is 11.3 Å². The van der Waals surface area contributed by atoms with E-state index in [9.17, 15) is 0 Å². The molecule has 10 rings (SSSR count). The van der Waals surface area contributed by atoms with Crippen molar-refractivity contribution in [1.82, 2.24) is 0 Å². The van der Waals surface area contributed by atoms with Gasteiger partial charge in [0.05, 0.1) is 0 Å². The number of hydrogen-bond donors (Lipinski definition) is 0. The van der Waals surface area contributed by atoms with Crippen LogP contribution in [0.3, 0.4) is 0 Å². The zero-order chi connectivity index (χ0) is 36.6. The monoisotopic (exact) mass is 704 g/mol. The molecule has 9 aromatic carbocycles. The van der Waals surface area contributed by atoms with E-state index in [0.29, 0.717) is 0 Å². The van der Waals surface area contributed by atoms with Gasteiger partial charge in [0.25, 0.3) is 0 Å². The Morgan fingerprint density at radius 1 is 0.291 bits per heavy atom. The Bertz CT molecular complexity index is 2810. The van der Waals surface area contributed by atoms with E-state index in [0.717, 1.165) is 83.7 Å². The molecule has 0 atom stereocenters. The lowest BCUT2D eigenvalue weighted by atomic mass is 9.91. The summed E-state index contributed by atoms with van der Waals surface area (Å²) in [5, 5.41) is 5.60. The van der Waals surface area contributed by atoms with Crippen molar-refractivity contribution in [3.8, 4) is 22.5 Å². The molecule has 0 fully saturated rings. The Labute approximate surface area is 320 Å². The van der Waals surface area contributed by atoms with Crippen molar-refractivity contribution in [1.29, 1.82) is 0 Å². The van der Waals surface area contributed by atoms with Crippen LogP contribution in [0.15, 0.2) is 223 Å². The van der Waals surface area contributed by atoms with Crippen molar-refractivity contribution in [3.05, 3.63) is 218 Å². The highest BCUT2D eigenvalue weighted by atomic mass is 16.3. The van der Waals surface area contributed by atoms with Crippen LogP contribution in [0.5, 0.6) is 0 Å². The molecule has 0 saturated carbocycles. The Morgan fingerprint density at radius 2 is 0.655 bits per heavy atom. The Balaban J connectivity index is 1.32. The fourth-order valence-corrected chi connectivity index (χ4v) is 7.96. The first-order valence-corrected chi connectivity index (χ1v) is 18.7. The first-order chi connectivity index (χ1) is 27.3. The largest absolute Gasteiger partial charge is 0.455 e. The van der Waals surface area contributed by atoms with Gasteiger partial charge in [-0.15, -0.1) is 0 Å². The minimum absolute atomic E-state index is 0.859. The van der Waals surface area contributed by atoms with Crippen molar-refractivity contribution < 1.29 is 4.42 Å². The van der Waals surface area contributed by atoms with Crippen LogP contribution in [-0.4, -0.2) is 0 Å². The minimum Gasteiger partial charge on any atom is -0.455 e. The number of nitrogens with zero attached hydrogens (tertiary/aromatic N) is 2. The Morgan fingerprint density at radius 3 is 1.09 bits per heavy atom. The average molecular weight is 705 g/mol. The first-order valence-electron chi connectivity index (χ1n) is 18.7. The Kier molecular flexibility index (Phi) is 8.16. The zero-order valence-electron chi connectivity index (χ0n) is 30.1. The van der Waals surface area contributed by atoms with Gasteiger partial charge in [0, 0.05) is 56.0 Å². The fourth-order valence-electron chi connectivity index (χ4n) is 7.96. The van der Waals surface area contributed by atoms with Crippen LogP contribution >= 0.6 is 0 Å². The molecular formula is C52H36N2O. The molecule has 0 aliphatic rings. The van der Waals surface area contributed by atoms with Gasteiger partial charge in [-0.1, -0.05) is 146 Å². The van der Waals surface area contributed by atoms with Crippen LogP contribution in [0.2, 0.25) is 0 Å². The summed E-state index contributed by atoms with van der Waals surface area (Å²) in [6.07, 6.45) is 0. The molecule has 55 heavy (non-hydrogen) atoms. The molecular weight excluding hydrogens is 669 g/mol. The van der Waals surface area contributed by atoms with Gasteiger partial charge in [-0.05, 0) is 94.5 Å².